The lowest BCUT2D eigenvalue weighted by atomic mass is 10.1. The van der Waals surface area contributed by atoms with Crippen molar-refractivity contribution in [1.82, 2.24) is 9.80 Å². The van der Waals surface area contributed by atoms with Crippen molar-refractivity contribution in [2.45, 2.75) is 0 Å². The number of benzene rings is 1. The highest BCUT2D eigenvalue weighted by Gasteiger charge is 2.37. The summed E-state index contributed by atoms with van der Waals surface area (Å²) < 4.78 is 5.22. The Balaban J connectivity index is 1.84. The van der Waals surface area contributed by atoms with Crippen molar-refractivity contribution >= 4 is 17.5 Å². The Morgan fingerprint density at radius 2 is 1.81 bits per heavy atom. The first-order valence-electron chi connectivity index (χ1n) is 6.52. The maximum Gasteiger partial charge on any atom is 0.270 e. The standard InChI is InChI=1S/C13H13N3O5/c17-12-10-2-1-9(16(19)20)7-11(10)13(18)15(12)8-14-3-5-21-6-4-14/h1-2,7H,3-6,8H2. The summed E-state index contributed by atoms with van der Waals surface area (Å²) in [6.45, 7) is 2.61. The minimum absolute atomic E-state index is 0.0995. The number of nitrogens with zero attached hydrogens (tertiary/aromatic N) is 3. The number of morpholine rings is 1. The molecule has 2 aliphatic heterocycles. The van der Waals surface area contributed by atoms with Crippen LogP contribution in [-0.4, -0.2) is 59.5 Å². The van der Waals surface area contributed by atoms with Crippen molar-refractivity contribution in [1.29, 1.82) is 0 Å². The number of rotatable bonds is 3. The average Bonchev–Trinajstić information content (AvgIpc) is 2.73. The zero-order chi connectivity index (χ0) is 15.0. The molecule has 21 heavy (non-hydrogen) atoms. The van der Waals surface area contributed by atoms with E-state index in [4.69, 9.17) is 4.74 Å². The Hall–Kier alpha value is -2.32. The minimum Gasteiger partial charge on any atom is -0.379 e. The maximum atomic E-state index is 12.3. The van der Waals surface area contributed by atoms with E-state index in [9.17, 15) is 19.7 Å². The number of carbonyl (C=O) groups excluding carboxylic acids is 2. The van der Waals surface area contributed by atoms with Crippen molar-refractivity contribution in [2.24, 2.45) is 0 Å². The van der Waals surface area contributed by atoms with Crippen LogP contribution in [0, 0.1) is 10.1 Å². The predicted molar refractivity (Wildman–Crippen MR) is 70.9 cm³/mol. The van der Waals surface area contributed by atoms with Crippen LogP contribution in [-0.2, 0) is 4.74 Å². The fourth-order valence-corrected chi connectivity index (χ4v) is 2.46. The second-order valence-electron chi connectivity index (χ2n) is 4.90. The lowest BCUT2D eigenvalue weighted by molar-refractivity contribution is -0.384. The molecule has 3 rings (SSSR count). The van der Waals surface area contributed by atoms with Crippen LogP contribution in [0.3, 0.4) is 0 Å². The third kappa shape index (κ3) is 2.39. The molecule has 0 radical (unpaired) electrons. The zero-order valence-electron chi connectivity index (χ0n) is 11.2. The molecule has 1 fully saturated rings. The third-order valence-corrected chi connectivity index (χ3v) is 3.61. The van der Waals surface area contributed by atoms with Gasteiger partial charge in [-0.25, -0.2) is 0 Å². The molecule has 0 aliphatic carbocycles. The molecule has 0 unspecified atom stereocenters. The topological polar surface area (TPSA) is 93.0 Å². The Kier molecular flexibility index (Phi) is 3.40. The molecule has 0 N–H and O–H groups in total. The van der Waals surface area contributed by atoms with Crippen molar-refractivity contribution in [3.05, 3.63) is 39.4 Å². The second kappa shape index (κ2) is 5.23. The van der Waals surface area contributed by atoms with Gasteiger partial charge in [0.2, 0.25) is 0 Å². The van der Waals surface area contributed by atoms with Crippen molar-refractivity contribution in [3.63, 3.8) is 0 Å². The average molecular weight is 291 g/mol. The highest BCUT2D eigenvalue weighted by Crippen LogP contribution is 2.26. The Labute approximate surface area is 120 Å². The van der Waals surface area contributed by atoms with Crippen LogP contribution in [0.15, 0.2) is 18.2 Å². The number of nitro groups is 1. The summed E-state index contributed by atoms with van der Waals surface area (Å²) in [7, 11) is 0. The van der Waals surface area contributed by atoms with E-state index in [0.717, 1.165) is 11.0 Å². The molecular formula is C13H13N3O5. The van der Waals surface area contributed by atoms with Crippen LogP contribution in [0.1, 0.15) is 20.7 Å². The summed E-state index contributed by atoms with van der Waals surface area (Å²) in [6.07, 6.45) is 0. The number of hydrogen-bond donors (Lipinski definition) is 0. The van der Waals surface area contributed by atoms with Gasteiger partial charge in [0, 0.05) is 25.2 Å². The van der Waals surface area contributed by atoms with Gasteiger partial charge in [-0.1, -0.05) is 0 Å². The molecule has 1 saturated heterocycles. The number of carbonyl (C=O) groups is 2. The van der Waals surface area contributed by atoms with Gasteiger partial charge in [-0.3, -0.25) is 29.5 Å². The summed E-state index contributed by atoms with van der Waals surface area (Å²) in [4.78, 5) is 37.8. The van der Waals surface area contributed by atoms with Gasteiger partial charge in [0.1, 0.15) is 0 Å². The number of non-ortho nitro benzene ring substituents is 1. The number of imide groups is 1. The van der Waals surface area contributed by atoms with Crippen molar-refractivity contribution in [2.75, 3.05) is 33.0 Å². The van der Waals surface area contributed by atoms with E-state index in [-0.39, 0.29) is 23.5 Å². The molecule has 110 valence electrons. The van der Waals surface area contributed by atoms with Crippen LogP contribution in [0.4, 0.5) is 5.69 Å². The molecule has 0 spiro atoms. The minimum atomic E-state index is -0.581. The molecular weight excluding hydrogens is 278 g/mol. The molecule has 0 bridgehead atoms. The van der Waals surface area contributed by atoms with Crippen LogP contribution >= 0.6 is 0 Å². The Bertz CT molecular complexity index is 624. The van der Waals surface area contributed by atoms with Crippen molar-refractivity contribution in [3.8, 4) is 0 Å². The van der Waals surface area contributed by atoms with E-state index in [1.165, 1.54) is 12.1 Å². The molecule has 1 aromatic rings. The summed E-state index contributed by atoms with van der Waals surface area (Å²) in [5.41, 5.74) is 0.129. The second-order valence-corrected chi connectivity index (χ2v) is 4.90. The SMILES string of the molecule is O=C1c2ccc([N+](=O)[O-])cc2C(=O)N1CN1CCOCC1. The quantitative estimate of drug-likeness (QED) is 0.457. The highest BCUT2D eigenvalue weighted by molar-refractivity contribution is 6.21. The van der Waals surface area contributed by atoms with Gasteiger partial charge in [0.15, 0.2) is 0 Å². The first-order chi connectivity index (χ1) is 10.1. The number of hydrogen-bond acceptors (Lipinski definition) is 6. The normalized spacial score (nSPS) is 19.0. The van der Waals surface area contributed by atoms with E-state index < -0.39 is 16.7 Å². The van der Waals surface area contributed by atoms with E-state index in [2.05, 4.69) is 0 Å². The molecule has 8 nitrogen and oxygen atoms in total. The van der Waals surface area contributed by atoms with Crippen molar-refractivity contribution < 1.29 is 19.2 Å². The smallest absolute Gasteiger partial charge is 0.270 e. The molecule has 1 aromatic carbocycles. The van der Waals surface area contributed by atoms with Crippen LogP contribution in [0.5, 0.6) is 0 Å². The molecule has 2 aliphatic rings. The molecule has 0 saturated carbocycles. The fourth-order valence-electron chi connectivity index (χ4n) is 2.46. The van der Waals surface area contributed by atoms with Gasteiger partial charge in [-0.15, -0.1) is 0 Å². The van der Waals surface area contributed by atoms with Gasteiger partial charge in [-0.05, 0) is 6.07 Å². The van der Waals surface area contributed by atoms with Gasteiger partial charge in [0.05, 0.1) is 35.9 Å². The summed E-state index contributed by atoms with van der Waals surface area (Å²) in [6, 6.07) is 3.74. The maximum absolute atomic E-state index is 12.3. The predicted octanol–water partition coefficient (Wildman–Crippen LogP) is 0.480. The molecule has 0 aromatic heterocycles. The number of ether oxygens (including phenoxy) is 1. The van der Waals surface area contributed by atoms with Gasteiger partial charge >= 0.3 is 0 Å². The first kappa shape index (κ1) is 13.7. The van der Waals surface area contributed by atoms with E-state index in [1.807, 2.05) is 4.90 Å². The Morgan fingerprint density at radius 3 is 2.48 bits per heavy atom. The third-order valence-electron chi connectivity index (χ3n) is 3.61. The lowest BCUT2D eigenvalue weighted by Gasteiger charge is -2.29. The molecule has 2 heterocycles. The number of amides is 2. The highest BCUT2D eigenvalue weighted by atomic mass is 16.6. The number of nitro benzene ring substituents is 1. The Morgan fingerprint density at radius 1 is 1.14 bits per heavy atom. The molecule has 8 heteroatoms. The van der Waals surface area contributed by atoms with E-state index >= 15 is 0 Å². The first-order valence-corrected chi connectivity index (χ1v) is 6.52. The summed E-state index contributed by atoms with van der Waals surface area (Å²) in [5, 5.41) is 10.8. The summed E-state index contributed by atoms with van der Waals surface area (Å²) in [5.74, 6) is -0.887. The summed E-state index contributed by atoms with van der Waals surface area (Å²) >= 11 is 0. The lowest BCUT2D eigenvalue weighted by Crippen LogP contribution is -2.46. The zero-order valence-corrected chi connectivity index (χ0v) is 11.2. The van der Waals surface area contributed by atoms with E-state index in [0.29, 0.717) is 26.3 Å². The largest absolute Gasteiger partial charge is 0.379 e. The number of fused-ring (bicyclic) bond motifs is 1. The van der Waals surface area contributed by atoms with Gasteiger partial charge < -0.3 is 4.74 Å². The van der Waals surface area contributed by atoms with Gasteiger partial charge in [-0.2, -0.15) is 0 Å². The van der Waals surface area contributed by atoms with Gasteiger partial charge in [0.25, 0.3) is 17.5 Å². The fraction of sp³-hybridized carbons (Fsp3) is 0.385. The molecule has 2 amide bonds. The monoisotopic (exact) mass is 291 g/mol. The molecule has 0 atom stereocenters. The van der Waals surface area contributed by atoms with Crippen LogP contribution < -0.4 is 0 Å². The van der Waals surface area contributed by atoms with Crippen LogP contribution in [0.25, 0.3) is 0 Å². The van der Waals surface area contributed by atoms with E-state index in [1.54, 1.807) is 0 Å². The van der Waals surface area contributed by atoms with Crippen LogP contribution in [0.2, 0.25) is 0 Å².